The summed E-state index contributed by atoms with van der Waals surface area (Å²) in [4.78, 5) is 30.9. The van der Waals surface area contributed by atoms with E-state index in [-0.39, 0.29) is 42.8 Å². The Balaban J connectivity index is 1.20. The number of nitrogens with zero attached hydrogens (tertiary/aromatic N) is 2. The average Bonchev–Trinajstić information content (AvgIpc) is 3.53. The number of carbonyl (C=O) groups excluding carboxylic acids is 1. The highest BCUT2D eigenvalue weighted by molar-refractivity contribution is 7.90. The van der Waals surface area contributed by atoms with Crippen molar-refractivity contribution in [3.63, 3.8) is 0 Å². The van der Waals surface area contributed by atoms with Crippen LogP contribution in [0.25, 0.3) is 11.1 Å². The molecule has 256 valence electrons. The second kappa shape index (κ2) is 13.5. The molecule has 12 heteroatoms. The topological polar surface area (TPSA) is 147 Å². The van der Waals surface area contributed by atoms with Crippen molar-refractivity contribution >= 4 is 28.0 Å². The lowest BCUT2D eigenvalue weighted by Gasteiger charge is -2.22. The van der Waals surface area contributed by atoms with Gasteiger partial charge in [0.15, 0.2) is 0 Å². The van der Waals surface area contributed by atoms with Gasteiger partial charge in [-0.1, -0.05) is 48.5 Å². The number of carboxylic acids is 1. The minimum absolute atomic E-state index is 0.0640. The molecule has 0 radical (unpaired) electrons. The van der Waals surface area contributed by atoms with Crippen LogP contribution in [-0.2, 0) is 26.0 Å². The Morgan fingerprint density at radius 3 is 2.21 bits per heavy atom. The summed E-state index contributed by atoms with van der Waals surface area (Å²) in [6, 6.07) is 14.7. The van der Waals surface area contributed by atoms with Gasteiger partial charge in [0.05, 0.1) is 4.90 Å². The summed E-state index contributed by atoms with van der Waals surface area (Å²) in [5.41, 5.74) is 6.80. The molecule has 3 N–H and O–H groups in total. The number of carboxylic acid groups (broad SMARTS) is 1. The minimum atomic E-state index is -4.03. The molecule has 1 amide bonds. The second-order valence-corrected chi connectivity index (χ2v) is 14.9. The van der Waals surface area contributed by atoms with Crippen LogP contribution in [0.1, 0.15) is 66.0 Å². The molecule has 1 atom stereocenters. The average molecular weight is 677 g/mol. The van der Waals surface area contributed by atoms with Crippen LogP contribution < -0.4 is 14.8 Å². The molecular formula is C36H44N4O7S. The van der Waals surface area contributed by atoms with E-state index in [1.807, 2.05) is 69.3 Å². The van der Waals surface area contributed by atoms with Crippen molar-refractivity contribution in [3.05, 3.63) is 81.9 Å². The van der Waals surface area contributed by atoms with Crippen molar-refractivity contribution in [1.29, 1.82) is 0 Å². The Kier molecular flexibility index (Phi) is 9.77. The number of benzene rings is 3. The van der Waals surface area contributed by atoms with Gasteiger partial charge in [-0.2, -0.15) is 0 Å². The Labute approximate surface area is 282 Å². The van der Waals surface area contributed by atoms with Crippen molar-refractivity contribution in [3.8, 4) is 16.9 Å². The number of amides is 1. The zero-order valence-corrected chi connectivity index (χ0v) is 29.3. The number of alkyl carbamates (subject to hydrolysis) is 1. The van der Waals surface area contributed by atoms with Gasteiger partial charge in [-0.3, -0.25) is 4.99 Å². The van der Waals surface area contributed by atoms with Crippen LogP contribution in [-0.4, -0.2) is 75.3 Å². The Morgan fingerprint density at radius 1 is 1.02 bits per heavy atom. The summed E-state index contributed by atoms with van der Waals surface area (Å²) in [6.45, 7) is 9.58. The largest absolute Gasteiger partial charge is 0.487 e. The van der Waals surface area contributed by atoms with Gasteiger partial charge >= 0.3 is 12.1 Å². The highest BCUT2D eigenvalue weighted by Gasteiger charge is 2.37. The zero-order valence-electron chi connectivity index (χ0n) is 28.5. The van der Waals surface area contributed by atoms with Crippen LogP contribution in [0.5, 0.6) is 5.75 Å². The number of hydrogen-bond acceptors (Lipinski definition) is 7. The fraction of sp³-hybridized carbons (Fsp3) is 0.417. The van der Waals surface area contributed by atoms with E-state index in [2.05, 4.69) is 15.0 Å². The number of sulfonamides is 1. The van der Waals surface area contributed by atoms with Crippen LogP contribution in [0, 0.1) is 20.8 Å². The lowest BCUT2D eigenvalue weighted by atomic mass is 9.94. The minimum Gasteiger partial charge on any atom is -0.487 e. The third-order valence-corrected chi connectivity index (χ3v) is 10.7. The zero-order chi connectivity index (χ0) is 35.0. The monoisotopic (exact) mass is 676 g/mol. The molecule has 5 rings (SSSR count). The number of hydrogen-bond donors (Lipinski definition) is 3. The van der Waals surface area contributed by atoms with E-state index in [4.69, 9.17) is 9.47 Å². The van der Waals surface area contributed by atoms with Crippen LogP contribution in [0.3, 0.4) is 0 Å². The molecule has 3 aromatic rings. The Hall–Kier alpha value is -4.58. The van der Waals surface area contributed by atoms with Gasteiger partial charge in [-0.25, -0.2) is 22.7 Å². The number of aliphatic carboxylic acids is 1. The third-order valence-electron chi connectivity index (χ3n) is 9.06. The summed E-state index contributed by atoms with van der Waals surface area (Å²) in [7, 11) is -0.685. The van der Waals surface area contributed by atoms with Gasteiger partial charge < -0.3 is 24.8 Å². The molecule has 1 aliphatic heterocycles. The summed E-state index contributed by atoms with van der Waals surface area (Å²) >= 11 is 0. The first-order valence-electron chi connectivity index (χ1n) is 16.0. The molecule has 0 spiro atoms. The molecule has 0 saturated carbocycles. The van der Waals surface area contributed by atoms with Crippen molar-refractivity contribution < 1.29 is 32.6 Å². The summed E-state index contributed by atoms with van der Waals surface area (Å²) < 4.78 is 41.8. The summed E-state index contributed by atoms with van der Waals surface area (Å²) in [5, 5.41) is 12.3. The van der Waals surface area contributed by atoms with Crippen LogP contribution >= 0.6 is 0 Å². The Morgan fingerprint density at radius 2 is 1.62 bits per heavy atom. The highest BCUT2D eigenvalue weighted by atomic mass is 32.2. The third kappa shape index (κ3) is 6.99. The quantitative estimate of drug-likeness (QED) is 0.149. The van der Waals surface area contributed by atoms with Gasteiger partial charge in [-0.15, -0.1) is 0 Å². The predicted molar refractivity (Wildman–Crippen MR) is 184 cm³/mol. The first kappa shape index (κ1) is 34.7. The van der Waals surface area contributed by atoms with Gasteiger partial charge in [0.1, 0.15) is 24.0 Å². The normalized spacial score (nSPS) is 15.5. The number of fused-ring (bicyclic) bond motifs is 4. The molecule has 11 nitrogen and oxygen atoms in total. The smallest absolute Gasteiger partial charge is 0.407 e. The number of carbonyl (C=O) groups is 2. The van der Waals surface area contributed by atoms with Gasteiger partial charge in [0.25, 0.3) is 10.0 Å². The molecule has 0 bridgehead atoms. The molecule has 48 heavy (non-hydrogen) atoms. The maximum absolute atomic E-state index is 13.7. The summed E-state index contributed by atoms with van der Waals surface area (Å²) in [6.07, 6.45) is 0.108. The van der Waals surface area contributed by atoms with Gasteiger partial charge in [0, 0.05) is 38.5 Å². The molecule has 0 fully saturated rings. The molecule has 0 saturated heterocycles. The van der Waals surface area contributed by atoms with E-state index in [1.54, 1.807) is 32.8 Å². The van der Waals surface area contributed by atoms with Crippen molar-refractivity contribution in [2.24, 2.45) is 4.99 Å². The van der Waals surface area contributed by atoms with Crippen molar-refractivity contribution in [2.45, 2.75) is 76.3 Å². The SMILES string of the molecule is Cc1c(C)c(S(=O)(=O)NC(=NCCCC(NC(=O)OCC2c3ccccc3-c3ccccc32)C(=O)O)N(C)C)c(C)c2c1OC(C)(C)C2. The molecule has 3 aromatic carbocycles. The number of ether oxygens (including phenoxy) is 2. The van der Waals surface area contributed by atoms with Crippen LogP contribution in [0.4, 0.5) is 4.79 Å². The molecule has 0 aromatic heterocycles. The van der Waals surface area contributed by atoms with Crippen LogP contribution in [0.15, 0.2) is 58.4 Å². The van der Waals surface area contributed by atoms with E-state index in [1.165, 1.54) is 0 Å². The fourth-order valence-electron chi connectivity index (χ4n) is 6.60. The number of aliphatic imine (C=N–C) groups is 1. The standard InChI is InChI=1S/C36H44N4O7S/c1-21-22(2)32(23(3)28-19-36(4,5)47-31(21)28)48(44,45)39-34(40(6)7)37-18-12-17-30(33(41)42)38-35(43)46-20-29-26-15-10-8-13-24(26)25-14-9-11-16-27(25)29/h8-11,13-16,29-30H,12,17-20H2,1-7H3,(H,37,39)(H,38,43)(H,41,42). The number of guanidine groups is 1. The molecule has 1 unspecified atom stereocenters. The van der Waals surface area contributed by atoms with Crippen molar-refractivity contribution in [1.82, 2.24) is 14.9 Å². The van der Waals surface area contributed by atoms with Gasteiger partial charge in [-0.05, 0) is 86.4 Å². The summed E-state index contributed by atoms with van der Waals surface area (Å²) in [5.74, 6) is -0.497. The predicted octanol–water partition coefficient (Wildman–Crippen LogP) is 5.29. The molecule has 1 heterocycles. The van der Waals surface area contributed by atoms with E-state index < -0.39 is 33.7 Å². The second-order valence-electron chi connectivity index (χ2n) is 13.3. The van der Waals surface area contributed by atoms with E-state index in [0.717, 1.165) is 39.1 Å². The van der Waals surface area contributed by atoms with E-state index in [9.17, 15) is 23.1 Å². The van der Waals surface area contributed by atoms with E-state index >= 15 is 0 Å². The molecule has 1 aliphatic carbocycles. The Bertz CT molecular complexity index is 1840. The first-order chi connectivity index (χ1) is 22.6. The van der Waals surface area contributed by atoms with Crippen LogP contribution in [0.2, 0.25) is 0 Å². The number of rotatable bonds is 10. The maximum Gasteiger partial charge on any atom is 0.407 e. The maximum atomic E-state index is 13.7. The lowest BCUT2D eigenvalue weighted by Crippen LogP contribution is -2.42. The fourth-order valence-corrected chi connectivity index (χ4v) is 8.28. The highest BCUT2D eigenvalue weighted by Crippen LogP contribution is 2.45. The molecular weight excluding hydrogens is 632 g/mol. The van der Waals surface area contributed by atoms with Crippen molar-refractivity contribution in [2.75, 3.05) is 27.2 Å². The first-order valence-corrected chi connectivity index (χ1v) is 17.5. The van der Waals surface area contributed by atoms with Gasteiger partial charge in [0.2, 0.25) is 5.96 Å². The lowest BCUT2D eigenvalue weighted by molar-refractivity contribution is -0.139. The van der Waals surface area contributed by atoms with E-state index in [0.29, 0.717) is 17.5 Å². The molecule has 2 aliphatic rings. The number of nitrogens with one attached hydrogen (secondary N) is 2.